The molecule has 1 saturated heterocycles. The first kappa shape index (κ1) is 9.96. The molecule has 1 atom stereocenters. The van der Waals surface area contributed by atoms with Gasteiger partial charge >= 0.3 is 0 Å². The van der Waals surface area contributed by atoms with Gasteiger partial charge in [0.2, 0.25) is 0 Å². The van der Waals surface area contributed by atoms with Crippen molar-refractivity contribution in [2.45, 2.75) is 38.6 Å². The van der Waals surface area contributed by atoms with Gasteiger partial charge in [0.25, 0.3) is 0 Å². The molecule has 0 aliphatic carbocycles. The lowest BCUT2D eigenvalue weighted by Crippen LogP contribution is -2.47. The van der Waals surface area contributed by atoms with Crippen molar-refractivity contribution in [2.75, 3.05) is 19.7 Å². The van der Waals surface area contributed by atoms with Gasteiger partial charge in [-0.25, -0.2) is 5.90 Å². The van der Waals surface area contributed by atoms with Crippen molar-refractivity contribution in [2.24, 2.45) is 5.90 Å². The highest BCUT2D eigenvalue weighted by molar-refractivity contribution is 4.94. The van der Waals surface area contributed by atoms with Crippen LogP contribution in [0.2, 0.25) is 0 Å². The molecular formula is C9H20N2O. The Kier molecular flexibility index (Phi) is 3.50. The number of nitrogens with two attached hydrogens (primary N) is 1. The minimum absolute atomic E-state index is 0.240. The molecule has 1 rings (SSSR count). The van der Waals surface area contributed by atoms with Crippen LogP contribution in [0.1, 0.15) is 33.1 Å². The second-order valence-corrected chi connectivity index (χ2v) is 3.57. The van der Waals surface area contributed by atoms with Crippen LogP contribution in [0.15, 0.2) is 0 Å². The fourth-order valence-corrected chi connectivity index (χ4v) is 2.31. The van der Waals surface area contributed by atoms with Crippen molar-refractivity contribution < 1.29 is 4.84 Å². The summed E-state index contributed by atoms with van der Waals surface area (Å²) in [6, 6.07) is 0. The molecule has 0 aromatic carbocycles. The molecule has 0 radical (unpaired) electrons. The van der Waals surface area contributed by atoms with Crippen LogP contribution in [0, 0.1) is 0 Å². The van der Waals surface area contributed by atoms with Gasteiger partial charge in [-0.2, -0.15) is 0 Å². The number of hydrogen-bond acceptors (Lipinski definition) is 3. The molecular weight excluding hydrogens is 152 g/mol. The average Bonchev–Trinajstić information content (AvgIpc) is 2.49. The second kappa shape index (κ2) is 4.21. The highest BCUT2D eigenvalue weighted by Crippen LogP contribution is 2.31. The summed E-state index contributed by atoms with van der Waals surface area (Å²) in [7, 11) is 0. The molecule has 1 heterocycles. The van der Waals surface area contributed by atoms with E-state index in [0.717, 1.165) is 13.0 Å². The fraction of sp³-hybridized carbons (Fsp3) is 1.00. The van der Waals surface area contributed by atoms with Gasteiger partial charge in [0.1, 0.15) is 0 Å². The van der Waals surface area contributed by atoms with E-state index in [1.54, 1.807) is 0 Å². The summed E-state index contributed by atoms with van der Waals surface area (Å²) in [4.78, 5) is 7.30. The first-order chi connectivity index (χ1) is 5.79. The van der Waals surface area contributed by atoms with Gasteiger partial charge < -0.3 is 4.84 Å². The Labute approximate surface area is 74.8 Å². The van der Waals surface area contributed by atoms with Gasteiger partial charge in [-0.3, -0.25) is 4.90 Å². The van der Waals surface area contributed by atoms with E-state index in [1.165, 1.54) is 19.4 Å². The maximum atomic E-state index is 5.16. The molecule has 1 unspecified atom stereocenters. The van der Waals surface area contributed by atoms with Crippen molar-refractivity contribution in [3.05, 3.63) is 0 Å². The maximum absolute atomic E-state index is 5.16. The van der Waals surface area contributed by atoms with Crippen LogP contribution in [0.4, 0.5) is 0 Å². The Morgan fingerprint density at radius 3 is 2.75 bits per heavy atom. The largest absolute Gasteiger partial charge is 0.303 e. The van der Waals surface area contributed by atoms with Crippen LogP contribution >= 0.6 is 0 Å². The summed E-state index contributed by atoms with van der Waals surface area (Å²) in [5.74, 6) is 5.16. The lowest BCUT2D eigenvalue weighted by molar-refractivity contribution is 0.0132. The Morgan fingerprint density at radius 2 is 2.25 bits per heavy atom. The molecule has 1 aliphatic heterocycles. The molecule has 2 N–H and O–H groups in total. The van der Waals surface area contributed by atoms with Crippen molar-refractivity contribution in [3.63, 3.8) is 0 Å². The van der Waals surface area contributed by atoms with E-state index in [0.29, 0.717) is 6.61 Å². The predicted octanol–water partition coefficient (Wildman–Crippen LogP) is 1.14. The monoisotopic (exact) mass is 172 g/mol. The lowest BCUT2D eigenvalue weighted by atomic mass is 9.94. The normalized spacial score (nSPS) is 31.2. The number of likely N-dealkylation sites (N-methyl/N-ethyl adjacent to an activating group) is 1. The Hall–Kier alpha value is -0.120. The summed E-state index contributed by atoms with van der Waals surface area (Å²) in [5.41, 5.74) is 0.240. The highest BCUT2D eigenvalue weighted by Gasteiger charge is 2.38. The van der Waals surface area contributed by atoms with Crippen LogP contribution in [0.25, 0.3) is 0 Å². The van der Waals surface area contributed by atoms with Crippen LogP contribution in [0.5, 0.6) is 0 Å². The van der Waals surface area contributed by atoms with E-state index in [4.69, 9.17) is 10.7 Å². The molecule has 0 saturated carbocycles. The summed E-state index contributed by atoms with van der Waals surface area (Å²) >= 11 is 0. The Morgan fingerprint density at radius 1 is 1.50 bits per heavy atom. The molecule has 0 spiro atoms. The molecule has 72 valence electrons. The molecule has 0 bridgehead atoms. The minimum atomic E-state index is 0.240. The van der Waals surface area contributed by atoms with E-state index in [1.807, 2.05) is 0 Å². The van der Waals surface area contributed by atoms with Crippen LogP contribution in [-0.4, -0.2) is 30.1 Å². The quantitative estimate of drug-likeness (QED) is 0.646. The number of likely N-dealkylation sites (tertiary alicyclic amines) is 1. The third kappa shape index (κ3) is 1.63. The molecule has 3 nitrogen and oxygen atoms in total. The zero-order valence-corrected chi connectivity index (χ0v) is 8.18. The molecule has 0 aromatic heterocycles. The van der Waals surface area contributed by atoms with E-state index in [2.05, 4.69) is 18.7 Å². The van der Waals surface area contributed by atoms with Crippen LogP contribution in [0.3, 0.4) is 0 Å². The number of hydrogen-bond donors (Lipinski definition) is 1. The van der Waals surface area contributed by atoms with Gasteiger partial charge in [-0.05, 0) is 32.4 Å². The van der Waals surface area contributed by atoms with Gasteiger partial charge in [0.05, 0.1) is 6.61 Å². The van der Waals surface area contributed by atoms with Crippen molar-refractivity contribution in [1.29, 1.82) is 0 Å². The van der Waals surface area contributed by atoms with E-state index < -0.39 is 0 Å². The van der Waals surface area contributed by atoms with Gasteiger partial charge in [-0.15, -0.1) is 0 Å². The van der Waals surface area contributed by atoms with Crippen molar-refractivity contribution in [1.82, 2.24) is 4.90 Å². The first-order valence-electron chi connectivity index (χ1n) is 4.86. The third-order valence-electron chi connectivity index (χ3n) is 3.13. The first-order valence-corrected chi connectivity index (χ1v) is 4.86. The SMILES string of the molecule is CCN1CCCC1(CC)CON. The van der Waals surface area contributed by atoms with E-state index in [-0.39, 0.29) is 5.54 Å². The van der Waals surface area contributed by atoms with E-state index >= 15 is 0 Å². The Balaban J connectivity index is 2.61. The molecule has 0 aromatic rings. The zero-order chi connectivity index (χ0) is 9.03. The lowest BCUT2D eigenvalue weighted by Gasteiger charge is -2.36. The smallest absolute Gasteiger partial charge is 0.0863 e. The van der Waals surface area contributed by atoms with Gasteiger partial charge in [0.15, 0.2) is 0 Å². The standard InChI is InChI=1S/C9H20N2O/c1-3-9(8-12-10)6-5-7-11(9)4-2/h3-8,10H2,1-2H3. The fourth-order valence-electron chi connectivity index (χ4n) is 2.31. The third-order valence-corrected chi connectivity index (χ3v) is 3.13. The summed E-state index contributed by atoms with van der Waals surface area (Å²) in [5, 5.41) is 0. The summed E-state index contributed by atoms with van der Waals surface area (Å²) in [6.45, 7) is 7.40. The zero-order valence-electron chi connectivity index (χ0n) is 8.18. The van der Waals surface area contributed by atoms with Gasteiger partial charge in [-0.1, -0.05) is 13.8 Å². The molecule has 0 amide bonds. The minimum Gasteiger partial charge on any atom is -0.303 e. The molecule has 1 fully saturated rings. The number of nitrogens with zero attached hydrogens (tertiary/aromatic N) is 1. The Bertz CT molecular complexity index is 140. The highest BCUT2D eigenvalue weighted by atomic mass is 16.6. The average molecular weight is 172 g/mol. The topological polar surface area (TPSA) is 38.5 Å². The van der Waals surface area contributed by atoms with Crippen molar-refractivity contribution in [3.8, 4) is 0 Å². The number of rotatable bonds is 4. The van der Waals surface area contributed by atoms with Crippen LogP contribution in [-0.2, 0) is 4.84 Å². The van der Waals surface area contributed by atoms with Gasteiger partial charge in [0, 0.05) is 5.54 Å². The molecule has 3 heteroatoms. The summed E-state index contributed by atoms with van der Waals surface area (Å²) in [6.07, 6.45) is 3.65. The van der Waals surface area contributed by atoms with Crippen molar-refractivity contribution >= 4 is 0 Å². The maximum Gasteiger partial charge on any atom is 0.0863 e. The van der Waals surface area contributed by atoms with Crippen LogP contribution < -0.4 is 5.90 Å². The second-order valence-electron chi connectivity index (χ2n) is 3.57. The van der Waals surface area contributed by atoms with E-state index in [9.17, 15) is 0 Å². The molecule has 12 heavy (non-hydrogen) atoms. The molecule has 1 aliphatic rings. The predicted molar refractivity (Wildman–Crippen MR) is 49.6 cm³/mol. The summed E-state index contributed by atoms with van der Waals surface area (Å²) < 4.78 is 0.